The minimum atomic E-state index is 0.559. The van der Waals surface area contributed by atoms with Gasteiger partial charge in [-0.15, -0.1) is 0 Å². The first-order chi connectivity index (χ1) is 8.26. The molecule has 17 heavy (non-hydrogen) atoms. The van der Waals surface area contributed by atoms with Gasteiger partial charge < -0.3 is 4.74 Å². The van der Waals surface area contributed by atoms with Gasteiger partial charge >= 0.3 is 0 Å². The van der Waals surface area contributed by atoms with Gasteiger partial charge in [0.05, 0.1) is 12.2 Å². The second-order valence-corrected chi connectivity index (χ2v) is 7.20. The molecule has 0 aromatic carbocycles. The fraction of sp³-hybridized carbons (Fsp3) is 1.00. The number of hydrogen-bond acceptors (Lipinski definition) is 1. The monoisotopic (exact) mass is 352 g/mol. The summed E-state index contributed by atoms with van der Waals surface area (Å²) in [5, 5.41) is 0. The fourth-order valence-electron chi connectivity index (χ4n) is 2.67. The molecule has 0 saturated carbocycles. The van der Waals surface area contributed by atoms with E-state index in [9.17, 15) is 0 Å². The van der Waals surface area contributed by atoms with Crippen molar-refractivity contribution in [3.8, 4) is 0 Å². The molecular weight excluding hydrogens is 323 g/mol. The van der Waals surface area contributed by atoms with Crippen LogP contribution in [0.2, 0.25) is 0 Å². The maximum Gasteiger partial charge on any atom is 0.0589 e. The van der Waals surface area contributed by atoms with E-state index in [1.54, 1.807) is 0 Å². The van der Waals surface area contributed by atoms with E-state index in [-0.39, 0.29) is 0 Å². The molecular formula is C15H29IO. The van der Waals surface area contributed by atoms with Crippen molar-refractivity contribution in [1.29, 1.82) is 0 Å². The van der Waals surface area contributed by atoms with Crippen LogP contribution in [0.3, 0.4) is 0 Å². The number of unbranched alkanes of at least 4 members (excludes halogenated alkanes) is 4. The Morgan fingerprint density at radius 3 is 1.76 bits per heavy atom. The van der Waals surface area contributed by atoms with E-state index in [1.165, 1.54) is 64.2 Å². The topological polar surface area (TPSA) is 9.23 Å². The highest BCUT2D eigenvalue weighted by Gasteiger charge is 2.27. The predicted octanol–water partition coefficient (Wildman–Crippen LogP) is 5.50. The molecule has 0 spiro atoms. The maximum absolute atomic E-state index is 6.25. The van der Waals surface area contributed by atoms with Gasteiger partial charge in [0.2, 0.25) is 0 Å². The summed E-state index contributed by atoms with van der Waals surface area (Å²) < 4.78 is 7.09. The summed E-state index contributed by atoms with van der Waals surface area (Å²) in [4.78, 5) is 0. The zero-order chi connectivity index (χ0) is 12.5. The van der Waals surface area contributed by atoms with Crippen LogP contribution in [0.4, 0.5) is 0 Å². The van der Waals surface area contributed by atoms with Crippen molar-refractivity contribution in [1.82, 2.24) is 0 Å². The average molecular weight is 352 g/mol. The molecule has 102 valence electrons. The molecule has 1 heterocycles. The standard InChI is InChI=1S/C15H29IO/c1-3-5-7-9-14-11-13(16)12-15(17-14)10-8-6-4-2/h13-15H,3-12H2,1-2H3/t13?,14-,15+. The molecule has 1 fully saturated rings. The van der Waals surface area contributed by atoms with Crippen LogP contribution in [0.5, 0.6) is 0 Å². The molecule has 0 radical (unpaired) electrons. The summed E-state index contributed by atoms with van der Waals surface area (Å²) in [5.74, 6) is 0. The lowest BCUT2D eigenvalue weighted by atomic mass is 9.97. The molecule has 1 nitrogen and oxygen atoms in total. The van der Waals surface area contributed by atoms with Gasteiger partial charge in [-0.3, -0.25) is 0 Å². The number of alkyl halides is 1. The first-order valence-corrected chi connectivity index (χ1v) is 8.80. The smallest absolute Gasteiger partial charge is 0.0589 e. The Morgan fingerprint density at radius 2 is 1.35 bits per heavy atom. The third kappa shape index (κ3) is 7.00. The Labute approximate surface area is 121 Å². The zero-order valence-electron chi connectivity index (χ0n) is 11.6. The molecule has 0 amide bonds. The van der Waals surface area contributed by atoms with Crippen LogP contribution in [0, 0.1) is 0 Å². The van der Waals surface area contributed by atoms with Crippen molar-refractivity contribution in [2.24, 2.45) is 0 Å². The summed E-state index contributed by atoms with van der Waals surface area (Å²) in [5.41, 5.74) is 0. The second kappa shape index (κ2) is 9.60. The number of ether oxygens (including phenoxy) is 1. The highest BCUT2D eigenvalue weighted by Crippen LogP contribution is 2.30. The van der Waals surface area contributed by atoms with Crippen molar-refractivity contribution < 1.29 is 4.74 Å². The molecule has 1 unspecified atom stereocenters. The van der Waals surface area contributed by atoms with Gasteiger partial charge in [-0.05, 0) is 25.7 Å². The number of rotatable bonds is 8. The highest BCUT2D eigenvalue weighted by atomic mass is 127. The predicted molar refractivity (Wildman–Crippen MR) is 84.0 cm³/mol. The fourth-order valence-corrected chi connectivity index (χ4v) is 3.80. The summed E-state index contributed by atoms with van der Waals surface area (Å²) >= 11 is 2.63. The third-order valence-corrected chi connectivity index (χ3v) is 4.70. The van der Waals surface area contributed by atoms with Crippen LogP contribution in [0.15, 0.2) is 0 Å². The van der Waals surface area contributed by atoms with E-state index in [2.05, 4.69) is 36.4 Å². The molecule has 1 aliphatic heterocycles. The van der Waals surface area contributed by atoms with Crippen molar-refractivity contribution >= 4 is 22.6 Å². The maximum atomic E-state index is 6.25. The Kier molecular flexibility index (Phi) is 8.89. The zero-order valence-corrected chi connectivity index (χ0v) is 13.7. The van der Waals surface area contributed by atoms with Gasteiger partial charge in [0.1, 0.15) is 0 Å². The first-order valence-electron chi connectivity index (χ1n) is 7.55. The molecule has 0 aromatic heterocycles. The van der Waals surface area contributed by atoms with Crippen molar-refractivity contribution in [3.63, 3.8) is 0 Å². The molecule has 1 saturated heterocycles. The Bertz CT molecular complexity index is 166. The third-order valence-electron chi connectivity index (χ3n) is 3.68. The van der Waals surface area contributed by atoms with Gasteiger partial charge in [0.25, 0.3) is 0 Å². The first kappa shape index (κ1) is 15.7. The summed E-state index contributed by atoms with van der Waals surface area (Å²) in [6.45, 7) is 4.55. The van der Waals surface area contributed by atoms with Crippen molar-refractivity contribution in [2.45, 2.75) is 94.2 Å². The lowest BCUT2D eigenvalue weighted by Crippen LogP contribution is -2.33. The molecule has 1 rings (SSSR count). The number of hydrogen-bond donors (Lipinski definition) is 0. The SMILES string of the molecule is CCCCC[C@@H]1CC(I)C[C@H](CCCCC)O1. The molecule has 0 aromatic rings. The van der Waals surface area contributed by atoms with Crippen LogP contribution in [-0.2, 0) is 4.74 Å². The van der Waals surface area contributed by atoms with E-state index in [0.29, 0.717) is 12.2 Å². The van der Waals surface area contributed by atoms with E-state index in [0.717, 1.165) is 3.92 Å². The van der Waals surface area contributed by atoms with Crippen LogP contribution >= 0.6 is 22.6 Å². The molecule has 0 N–H and O–H groups in total. The number of halogens is 1. The van der Waals surface area contributed by atoms with Crippen molar-refractivity contribution in [3.05, 3.63) is 0 Å². The Balaban J connectivity index is 2.21. The lowest BCUT2D eigenvalue weighted by Gasteiger charge is -2.33. The normalized spacial score (nSPS) is 29.5. The van der Waals surface area contributed by atoms with E-state index >= 15 is 0 Å². The molecule has 0 bridgehead atoms. The molecule has 3 atom stereocenters. The Morgan fingerprint density at radius 1 is 0.882 bits per heavy atom. The van der Waals surface area contributed by atoms with Gasteiger partial charge in [0.15, 0.2) is 0 Å². The average Bonchev–Trinajstić information content (AvgIpc) is 2.29. The van der Waals surface area contributed by atoms with Crippen LogP contribution in [-0.4, -0.2) is 16.1 Å². The summed E-state index contributed by atoms with van der Waals surface area (Å²) in [6.07, 6.45) is 14.4. The van der Waals surface area contributed by atoms with Crippen LogP contribution in [0.25, 0.3) is 0 Å². The van der Waals surface area contributed by atoms with Gasteiger partial charge in [-0.2, -0.15) is 0 Å². The van der Waals surface area contributed by atoms with E-state index in [1.807, 2.05) is 0 Å². The van der Waals surface area contributed by atoms with Crippen LogP contribution < -0.4 is 0 Å². The summed E-state index contributed by atoms with van der Waals surface area (Å²) in [6, 6.07) is 0. The quantitative estimate of drug-likeness (QED) is 0.318. The molecule has 2 heteroatoms. The minimum Gasteiger partial charge on any atom is -0.375 e. The Hall–Kier alpha value is 0.690. The van der Waals surface area contributed by atoms with Gasteiger partial charge in [-0.1, -0.05) is 75.0 Å². The van der Waals surface area contributed by atoms with Crippen molar-refractivity contribution in [2.75, 3.05) is 0 Å². The van der Waals surface area contributed by atoms with E-state index in [4.69, 9.17) is 4.74 Å². The lowest BCUT2D eigenvalue weighted by molar-refractivity contribution is -0.0535. The van der Waals surface area contributed by atoms with Crippen LogP contribution in [0.1, 0.15) is 78.1 Å². The van der Waals surface area contributed by atoms with Gasteiger partial charge in [0, 0.05) is 3.92 Å². The second-order valence-electron chi connectivity index (χ2n) is 5.44. The molecule has 1 aliphatic rings. The summed E-state index contributed by atoms with van der Waals surface area (Å²) in [7, 11) is 0. The minimum absolute atomic E-state index is 0.559. The largest absolute Gasteiger partial charge is 0.375 e. The van der Waals surface area contributed by atoms with Gasteiger partial charge in [-0.25, -0.2) is 0 Å². The highest BCUT2D eigenvalue weighted by molar-refractivity contribution is 14.1. The van der Waals surface area contributed by atoms with E-state index < -0.39 is 0 Å². The molecule has 0 aliphatic carbocycles.